The summed E-state index contributed by atoms with van der Waals surface area (Å²) in [5.74, 6) is -0.423. The number of aromatic nitrogens is 2. The Balaban J connectivity index is 1.19. The molecule has 2 heterocycles. The van der Waals surface area contributed by atoms with Gasteiger partial charge in [0.05, 0.1) is 0 Å². The third kappa shape index (κ3) is 3.64. The van der Waals surface area contributed by atoms with Gasteiger partial charge in [-0.15, -0.1) is 0 Å². The topological polar surface area (TPSA) is 93.9 Å². The van der Waals surface area contributed by atoms with E-state index in [1.54, 1.807) is 4.90 Å². The van der Waals surface area contributed by atoms with Crippen LogP contribution in [0.2, 0.25) is 0 Å². The summed E-state index contributed by atoms with van der Waals surface area (Å²) in [7, 11) is 1.87. The summed E-state index contributed by atoms with van der Waals surface area (Å²) >= 11 is 3.41. The first-order chi connectivity index (χ1) is 17.4. The molecule has 3 atom stereocenters. The Morgan fingerprint density at radius 2 is 1.81 bits per heavy atom. The molecule has 3 unspecified atom stereocenters. The summed E-state index contributed by atoms with van der Waals surface area (Å²) in [4.78, 5) is 30.9. The molecule has 3 aliphatic rings. The van der Waals surface area contributed by atoms with Gasteiger partial charge in [-0.05, 0) is 44.6 Å². The molecule has 1 amide bonds. The molecule has 9 heteroatoms. The van der Waals surface area contributed by atoms with Crippen molar-refractivity contribution in [2.75, 3.05) is 19.8 Å². The van der Waals surface area contributed by atoms with Crippen LogP contribution in [0, 0.1) is 5.92 Å². The Morgan fingerprint density at radius 1 is 1.14 bits per heavy atom. The van der Waals surface area contributed by atoms with Crippen LogP contribution in [-0.2, 0) is 26.9 Å². The molecule has 36 heavy (non-hydrogen) atoms. The lowest BCUT2D eigenvalue weighted by molar-refractivity contribution is -0.158. The SMILES string of the molecule is Cn1cc(Br)nc1C1(OCC(=O)O)CC2CC1CN2C(=O)OCC1c2ccccc2-c2ccccc21. The first kappa shape index (κ1) is 23.2. The Morgan fingerprint density at radius 3 is 2.36 bits per heavy atom. The maximum Gasteiger partial charge on any atom is 0.410 e. The van der Waals surface area contributed by atoms with E-state index < -0.39 is 18.2 Å². The molecule has 1 saturated heterocycles. The number of ether oxygens (including phenoxy) is 2. The molecular formula is C27H26BrN3O5. The minimum absolute atomic E-state index is 0.00375. The monoisotopic (exact) mass is 551 g/mol. The molecule has 0 spiro atoms. The predicted octanol–water partition coefficient (Wildman–Crippen LogP) is 4.52. The van der Waals surface area contributed by atoms with Crippen LogP contribution in [0.1, 0.15) is 35.7 Å². The zero-order valence-corrected chi connectivity index (χ0v) is 21.3. The largest absolute Gasteiger partial charge is 0.480 e. The molecule has 186 valence electrons. The van der Waals surface area contributed by atoms with Crippen molar-refractivity contribution in [2.45, 2.75) is 30.4 Å². The smallest absolute Gasteiger partial charge is 0.410 e. The van der Waals surface area contributed by atoms with Crippen LogP contribution >= 0.6 is 15.9 Å². The molecule has 2 aromatic carbocycles. The highest BCUT2D eigenvalue weighted by Gasteiger charge is 2.60. The molecular weight excluding hydrogens is 526 g/mol. The summed E-state index contributed by atoms with van der Waals surface area (Å²) in [5, 5.41) is 9.29. The fourth-order valence-electron chi connectivity index (χ4n) is 6.39. The third-order valence-corrected chi connectivity index (χ3v) is 8.24. The van der Waals surface area contributed by atoms with Gasteiger partial charge in [0.1, 0.15) is 29.2 Å². The lowest BCUT2D eigenvalue weighted by atomic mass is 9.87. The van der Waals surface area contributed by atoms with Gasteiger partial charge in [-0.2, -0.15) is 0 Å². The number of aliphatic carboxylic acids is 1. The van der Waals surface area contributed by atoms with E-state index in [1.165, 1.54) is 22.3 Å². The number of carboxylic acids is 1. The maximum absolute atomic E-state index is 13.2. The maximum atomic E-state index is 13.2. The summed E-state index contributed by atoms with van der Waals surface area (Å²) in [6.07, 6.45) is 2.69. The average molecular weight is 552 g/mol. The summed E-state index contributed by atoms with van der Waals surface area (Å²) in [6.45, 7) is 0.289. The second-order valence-electron chi connectivity index (χ2n) is 9.82. The quantitative estimate of drug-likeness (QED) is 0.484. The second-order valence-corrected chi connectivity index (χ2v) is 10.6. The number of carbonyl (C=O) groups excluding carboxylic acids is 1. The normalized spacial score (nSPS) is 24.1. The summed E-state index contributed by atoms with van der Waals surface area (Å²) < 4.78 is 14.5. The van der Waals surface area contributed by atoms with Gasteiger partial charge in [-0.25, -0.2) is 14.6 Å². The van der Waals surface area contributed by atoms with E-state index in [4.69, 9.17) is 9.47 Å². The Labute approximate surface area is 217 Å². The van der Waals surface area contributed by atoms with Gasteiger partial charge >= 0.3 is 12.1 Å². The first-order valence-corrected chi connectivity index (χ1v) is 12.8. The number of carboxylic acid groups (broad SMARTS) is 1. The van der Waals surface area contributed by atoms with Crippen LogP contribution in [0.5, 0.6) is 0 Å². The Hall–Kier alpha value is -3.17. The number of amides is 1. The van der Waals surface area contributed by atoms with Crippen LogP contribution in [0.3, 0.4) is 0 Å². The second kappa shape index (κ2) is 8.74. The van der Waals surface area contributed by atoms with E-state index in [0.717, 1.165) is 0 Å². The van der Waals surface area contributed by atoms with Crippen molar-refractivity contribution in [3.05, 3.63) is 76.3 Å². The molecule has 2 bridgehead atoms. The fourth-order valence-corrected chi connectivity index (χ4v) is 6.87. The zero-order valence-electron chi connectivity index (χ0n) is 19.8. The molecule has 8 nitrogen and oxygen atoms in total. The first-order valence-electron chi connectivity index (χ1n) is 12.0. The number of fused-ring (bicyclic) bond motifs is 5. The van der Waals surface area contributed by atoms with Crippen LogP contribution in [-0.4, -0.2) is 57.4 Å². The molecule has 3 aromatic rings. The molecule has 1 aliphatic heterocycles. The van der Waals surface area contributed by atoms with Crippen LogP contribution in [0.25, 0.3) is 11.1 Å². The minimum Gasteiger partial charge on any atom is -0.480 e. The van der Waals surface area contributed by atoms with E-state index in [2.05, 4.69) is 45.2 Å². The molecule has 6 rings (SSSR count). The van der Waals surface area contributed by atoms with E-state index in [9.17, 15) is 14.7 Å². The lowest BCUT2D eigenvalue weighted by Crippen LogP contribution is -2.49. The van der Waals surface area contributed by atoms with Crippen molar-refractivity contribution in [1.82, 2.24) is 14.5 Å². The van der Waals surface area contributed by atoms with Gasteiger partial charge in [0, 0.05) is 44.1 Å². The standard InChI is InChI=1S/C27H26BrN3O5/c1-30-13-23(28)29-25(30)27(36-15-24(32)33)11-17-10-16(27)12-31(17)26(34)35-14-22-20-8-4-2-6-18(20)19-7-3-5-9-21(19)22/h2-9,13,16-17,22H,10-12,14-15H2,1H3,(H,32,33). The number of aryl methyl sites for hydroxylation is 1. The number of hydrogen-bond acceptors (Lipinski definition) is 5. The zero-order chi connectivity index (χ0) is 25.0. The average Bonchev–Trinajstić information content (AvgIpc) is 3.62. The Kier molecular flexibility index (Phi) is 5.64. The number of halogens is 1. The Bertz CT molecular complexity index is 1310. The van der Waals surface area contributed by atoms with E-state index in [1.807, 2.05) is 42.1 Å². The highest BCUT2D eigenvalue weighted by Crippen LogP contribution is 2.53. The van der Waals surface area contributed by atoms with E-state index in [0.29, 0.717) is 29.8 Å². The molecule has 2 aliphatic carbocycles. The van der Waals surface area contributed by atoms with Gasteiger partial charge in [-0.3, -0.25) is 0 Å². The number of imidazole rings is 1. The van der Waals surface area contributed by atoms with Crippen molar-refractivity contribution in [3.63, 3.8) is 0 Å². The number of benzene rings is 2. The number of likely N-dealkylation sites (tertiary alicyclic amines) is 1. The minimum atomic E-state index is -1.03. The third-order valence-electron chi connectivity index (χ3n) is 7.86. The van der Waals surface area contributed by atoms with E-state index >= 15 is 0 Å². The highest BCUT2D eigenvalue weighted by atomic mass is 79.9. The lowest BCUT2D eigenvalue weighted by Gasteiger charge is -2.40. The van der Waals surface area contributed by atoms with Gasteiger partial charge in [-0.1, -0.05) is 48.5 Å². The molecule has 1 saturated carbocycles. The van der Waals surface area contributed by atoms with Crippen LogP contribution in [0.15, 0.2) is 59.3 Å². The predicted molar refractivity (Wildman–Crippen MR) is 134 cm³/mol. The summed E-state index contributed by atoms with van der Waals surface area (Å²) in [6, 6.07) is 16.4. The van der Waals surface area contributed by atoms with Crippen molar-refractivity contribution < 1.29 is 24.2 Å². The number of carbonyl (C=O) groups is 2. The highest BCUT2D eigenvalue weighted by molar-refractivity contribution is 9.10. The van der Waals surface area contributed by atoms with Crippen molar-refractivity contribution in [2.24, 2.45) is 13.0 Å². The van der Waals surface area contributed by atoms with Crippen molar-refractivity contribution >= 4 is 28.0 Å². The molecule has 1 aromatic heterocycles. The fraction of sp³-hybridized carbons (Fsp3) is 0.370. The molecule has 1 N–H and O–H groups in total. The molecule has 2 fully saturated rings. The number of piperidine rings is 1. The van der Waals surface area contributed by atoms with Crippen molar-refractivity contribution in [3.8, 4) is 11.1 Å². The van der Waals surface area contributed by atoms with Crippen molar-refractivity contribution in [1.29, 1.82) is 0 Å². The van der Waals surface area contributed by atoms with Crippen LogP contribution in [0.4, 0.5) is 4.79 Å². The number of nitrogens with zero attached hydrogens (tertiary/aromatic N) is 3. The summed E-state index contributed by atoms with van der Waals surface area (Å²) in [5.41, 5.74) is 3.88. The number of rotatable bonds is 6. The number of hydrogen-bond donors (Lipinski definition) is 1. The van der Waals surface area contributed by atoms with E-state index in [-0.39, 0.29) is 30.6 Å². The molecule has 0 radical (unpaired) electrons. The van der Waals surface area contributed by atoms with Gasteiger partial charge in [0.15, 0.2) is 0 Å². The van der Waals surface area contributed by atoms with Crippen LogP contribution < -0.4 is 0 Å². The van der Waals surface area contributed by atoms with Gasteiger partial charge < -0.3 is 24.0 Å². The van der Waals surface area contributed by atoms with Gasteiger partial charge in [0.25, 0.3) is 0 Å². The van der Waals surface area contributed by atoms with Gasteiger partial charge in [0.2, 0.25) is 0 Å².